The Morgan fingerprint density at radius 2 is 1.84 bits per heavy atom. The number of nitrogens with zero attached hydrogens (tertiary/aromatic N) is 2. The van der Waals surface area contributed by atoms with Gasteiger partial charge in [-0.3, -0.25) is 9.78 Å². The van der Waals surface area contributed by atoms with E-state index in [2.05, 4.69) is 27.2 Å². The van der Waals surface area contributed by atoms with E-state index >= 15 is 0 Å². The van der Waals surface area contributed by atoms with Crippen LogP contribution >= 0.6 is 11.6 Å². The third-order valence-electron chi connectivity index (χ3n) is 4.94. The SMILES string of the molecule is C=c1nc(NC(C)c2cc(NC(=O)c3ccc(Cl)c(C)c3)ccc2C)cn/c1=C/C.CC. The van der Waals surface area contributed by atoms with Gasteiger partial charge in [-0.1, -0.05) is 44.2 Å². The van der Waals surface area contributed by atoms with Gasteiger partial charge in [0.2, 0.25) is 0 Å². The van der Waals surface area contributed by atoms with Crippen molar-refractivity contribution in [2.75, 3.05) is 10.6 Å². The second kappa shape index (κ2) is 11.4. The minimum absolute atomic E-state index is 0.0372. The molecule has 1 heterocycles. The van der Waals surface area contributed by atoms with Crippen LogP contribution in [0.2, 0.25) is 5.02 Å². The van der Waals surface area contributed by atoms with Crippen LogP contribution in [0.15, 0.2) is 42.6 Å². The number of amides is 1. The van der Waals surface area contributed by atoms with Gasteiger partial charge in [-0.2, -0.15) is 0 Å². The highest BCUT2D eigenvalue weighted by Crippen LogP contribution is 2.25. The van der Waals surface area contributed by atoms with Crippen LogP contribution in [0.5, 0.6) is 0 Å². The molecule has 1 amide bonds. The molecule has 0 fully saturated rings. The zero-order chi connectivity index (χ0) is 23.8. The molecule has 3 rings (SSSR count). The summed E-state index contributed by atoms with van der Waals surface area (Å²) in [5.74, 6) is 0.479. The number of aryl methyl sites for hydroxylation is 2. The number of nitrogens with one attached hydrogen (secondary N) is 2. The van der Waals surface area contributed by atoms with E-state index in [0.717, 1.165) is 27.7 Å². The molecule has 1 unspecified atom stereocenters. The Morgan fingerprint density at radius 1 is 1.12 bits per heavy atom. The Labute approximate surface area is 195 Å². The summed E-state index contributed by atoms with van der Waals surface area (Å²) in [5.41, 5.74) is 4.32. The number of rotatable bonds is 5. The van der Waals surface area contributed by atoms with Crippen molar-refractivity contribution in [2.24, 2.45) is 0 Å². The van der Waals surface area contributed by atoms with Gasteiger partial charge >= 0.3 is 0 Å². The minimum atomic E-state index is -0.177. The Bertz CT molecular complexity index is 1210. The van der Waals surface area contributed by atoms with Crippen molar-refractivity contribution in [1.82, 2.24) is 9.97 Å². The van der Waals surface area contributed by atoms with E-state index < -0.39 is 0 Å². The van der Waals surface area contributed by atoms with Gasteiger partial charge in [-0.15, -0.1) is 0 Å². The van der Waals surface area contributed by atoms with Crippen molar-refractivity contribution in [2.45, 2.75) is 47.6 Å². The highest BCUT2D eigenvalue weighted by molar-refractivity contribution is 6.31. The first kappa shape index (κ1) is 25.1. The Hall–Kier alpha value is -3.18. The lowest BCUT2D eigenvalue weighted by molar-refractivity contribution is 0.102. The van der Waals surface area contributed by atoms with Gasteiger partial charge in [0.25, 0.3) is 5.91 Å². The summed E-state index contributed by atoms with van der Waals surface area (Å²) < 4.78 is 0. The molecule has 1 aromatic heterocycles. The summed E-state index contributed by atoms with van der Waals surface area (Å²) in [6.07, 6.45) is 3.57. The highest BCUT2D eigenvalue weighted by atomic mass is 35.5. The van der Waals surface area contributed by atoms with E-state index in [4.69, 9.17) is 11.6 Å². The highest BCUT2D eigenvalue weighted by Gasteiger charge is 2.13. The summed E-state index contributed by atoms with van der Waals surface area (Å²) in [7, 11) is 0. The van der Waals surface area contributed by atoms with Gasteiger partial charge in [0, 0.05) is 16.3 Å². The van der Waals surface area contributed by atoms with Crippen LogP contribution in [0.25, 0.3) is 12.7 Å². The molecule has 168 valence electrons. The van der Waals surface area contributed by atoms with Crippen molar-refractivity contribution >= 4 is 41.7 Å². The van der Waals surface area contributed by atoms with Crippen LogP contribution in [0.1, 0.15) is 60.8 Å². The molecule has 1 atom stereocenters. The number of hydrogen-bond donors (Lipinski definition) is 2. The lowest BCUT2D eigenvalue weighted by Crippen LogP contribution is -2.30. The maximum Gasteiger partial charge on any atom is 0.255 e. The van der Waals surface area contributed by atoms with Crippen LogP contribution in [0, 0.1) is 13.8 Å². The molecule has 0 aliphatic carbocycles. The van der Waals surface area contributed by atoms with E-state index in [1.54, 1.807) is 24.4 Å². The second-order valence-electron chi connectivity index (χ2n) is 7.23. The fraction of sp³-hybridized carbons (Fsp3) is 0.269. The molecule has 0 aliphatic rings. The van der Waals surface area contributed by atoms with E-state index in [1.165, 1.54) is 0 Å². The third kappa shape index (κ3) is 6.17. The molecule has 0 bridgehead atoms. The van der Waals surface area contributed by atoms with Crippen LogP contribution in [-0.2, 0) is 0 Å². The number of anilines is 2. The quantitative estimate of drug-likeness (QED) is 0.545. The Kier molecular flexibility index (Phi) is 8.97. The molecular weight excluding hydrogens is 420 g/mol. The third-order valence-corrected chi connectivity index (χ3v) is 5.36. The molecule has 0 radical (unpaired) electrons. The minimum Gasteiger partial charge on any atom is -0.362 e. The molecule has 32 heavy (non-hydrogen) atoms. The summed E-state index contributed by atoms with van der Waals surface area (Å²) in [4.78, 5) is 21.5. The van der Waals surface area contributed by atoms with Gasteiger partial charge in [-0.25, -0.2) is 4.98 Å². The van der Waals surface area contributed by atoms with Crippen molar-refractivity contribution < 1.29 is 4.79 Å². The number of carbonyl (C=O) groups excluding carboxylic acids is 1. The van der Waals surface area contributed by atoms with Crippen LogP contribution in [0.4, 0.5) is 11.5 Å². The fourth-order valence-electron chi connectivity index (χ4n) is 3.22. The Morgan fingerprint density at radius 3 is 2.47 bits per heavy atom. The lowest BCUT2D eigenvalue weighted by atomic mass is 10.0. The molecule has 6 heteroatoms. The first-order valence-electron chi connectivity index (χ1n) is 10.7. The van der Waals surface area contributed by atoms with E-state index in [9.17, 15) is 4.79 Å². The van der Waals surface area contributed by atoms with Gasteiger partial charge in [-0.05, 0) is 74.7 Å². The molecule has 0 saturated carbocycles. The predicted octanol–water partition coefficient (Wildman–Crippen LogP) is 5.41. The monoisotopic (exact) mass is 450 g/mol. The maximum absolute atomic E-state index is 12.6. The van der Waals surface area contributed by atoms with Crippen molar-refractivity contribution in [3.8, 4) is 0 Å². The van der Waals surface area contributed by atoms with E-state index in [0.29, 0.717) is 21.8 Å². The molecular formula is C26H31ClN4O. The fourth-order valence-corrected chi connectivity index (χ4v) is 3.34. The van der Waals surface area contributed by atoms with Gasteiger partial charge in [0.05, 0.1) is 22.9 Å². The van der Waals surface area contributed by atoms with Crippen molar-refractivity contribution in [1.29, 1.82) is 0 Å². The van der Waals surface area contributed by atoms with Gasteiger partial charge in [0.15, 0.2) is 0 Å². The average molecular weight is 451 g/mol. The lowest BCUT2D eigenvalue weighted by Gasteiger charge is -2.18. The standard InChI is InChI=1S/C24H25ClN4O.C2H6/c1-6-22-17(5)28-23(13-26-22)27-16(4)20-12-19(9-7-14(20)2)29-24(30)18-8-10-21(25)15(3)11-18;1-2/h6-13,16H,5H2,1-4H3,(H,27,28)(H,29,30);1-2H3/b22-6+;. The van der Waals surface area contributed by atoms with Gasteiger partial charge < -0.3 is 10.6 Å². The Balaban J connectivity index is 0.00000176. The molecule has 2 aromatic carbocycles. The van der Waals surface area contributed by atoms with Crippen LogP contribution in [-0.4, -0.2) is 15.9 Å². The zero-order valence-corrected chi connectivity index (χ0v) is 20.3. The maximum atomic E-state index is 12.6. The number of aromatic nitrogens is 2. The predicted molar refractivity (Wildman–Crippen MR) is 136 cm³/mol. The smallest absolute Gasteiger partial charge is 0.255 e. The molecule has 2 N–H and O–H groups in total. The van der Waals surface area contributed by atoms with Crippen molar-refractivity contribution in [3.05, 3.63) is 80.6 Å². The summed E-state index contributed by atoms with van der Waals surface area (Å²) in [6, 6.07) is 11.1. The number of hydrogen-bond acceptors (Lipinski definition) is 4. The second-order valence-corrected chi connectivity index (χ2v) is 7.64. The zero-order valence-electron chi connectivity index (χ0n) is 19.6. The summed E-state index contributed by atoms with van der Waals surface area (Å²) in [5, 5.41) is 8.37. The molecule has 5 nitrogen and oxygen atoms in total. The summed E-state index contributed by atoms with van der Waals surface area (Å²) >= 11 is 6.06. The number of benzene rings is 2. The number of halogens is 1. The topological polar surface area (TPSA) is 66.9 Å². The van der Waals surface area contributed by atoms with Crippen molar-refractivity contribution in [3.63, 3.8) is 0 Å². The molecule has 0 saturated heterocycles. The normalized spacial score (nSPS) is 11.9. The largest absolute Gasteiger partial charge is 0.362 e. The van der Waals surface area contributed by atoms with E-state index in [-0.39, 0.29) is 11.9 Å². The first-order chi connectivity index (χ1) is 15.3. The average Bonchev–Trinajstić information content (AvgIpc) is 2.78. The van der Waals surface area contributed by atoms with Crippen LogP contribution < -0.4 is 21.3 Å². The van der Waals surface area contributed by atoms with E-state index in [1.807, 2.05) is 65.8 Å². The first-order valence-corrected chi connectivity index (χ1v) is 11.1. The number of carbonyl (C=O) groups is 1. The summed E-state index contributed by atoms with van der Waals surface area (Å²) in [6.45, 7) is 15.8. The van der Waals surface area contributed by atoms with Gasteiger partial charge in [0.1, 0.15) is 5.82 Å². The van der Waals surface area contributed by atoms with Crippen LogP contribution in [0.3, 0.4) is 0 Å². The molecule has 0 spiro atoms. The molecule has 3 aromatic rings. The molecule has 0 aliphatic heterocycles.